The number of sulfonamides is 1. The van der Waals surface area contributed by atoms with E-state index in [2.05, 4.69) is 0 Å². The monoisotopic (exact) mass is 369 g/mol. The Balaban J connectivity index is 2.17. The first-order chi connectivity index (χ1) is 12.4. The highest BCUT2D eigenvalue weighted by Crippen LogP contribution is 2.33. The van der Waals surface area contributed by atoms with Gasteiger partial charge in [-0.1, -0.05) is 54.6 Å². The Morgan fingerprint density at radius 1 is 0.885 bits per heavy atom. The number of halogens is 1. The maximum atomic E-state index is 14.2. The van der Waals surface area contributed by atoms with Gasteiger partial charge in [0.1, 0.15) is 5.82 Å². The van der Waals surface area contributed by atoms with Crippen LogP contribution in [0.15, 0.2) is 83.8 Å². The topological polar surface area (TPSA) is 37.4 Å². The van der Waals surface area contributed by atoms with Gasteiger partial charge in [0.2, 0.25) is 0 Å². The van der Waals surface area contributed by atoms with E-state index >= 15 is 0 Å². The molecule has 0 fully saturated rings. The third kappa shape index (κ3) is 3.48. The van der Waals surface area contributed by atoms with Crippen molar-refractivity contribution in [3.8, 4) is 0 Å². The van der Waals surface area contributed by atoms with E-state index in [9.17, 15) is 12.8 Å². The van der Waals surface area contributed by atoms with Crippen molar-refractivity contribution in [3.63, 3.8) is 0 Å². The first-order valence-electron chi connectivity index (χ1n) is 8.32. The van der Waals surface area contributed by atoms with Crippen LogP contribution in [0.2, 0.25) is 0 Å². The number of rotatable bonds is 5. The molecule has 26 heavy (non-hydrogen) atoms. The molecule has 0 unspecified atom stereocenters. The van der Waals surface area contributed by atoms with Crippen LogP contribution in [0.3, 0.4) is 0 Å². The molecule has 0 radical (unpaired) electrons. The van der Waals surface area contributed by atoms with Crippen molar-refractivity contribution in [2.45, 2.75) is 24.8 Å². The van der Waals surface area contributed by atoms with E-state index in [1.165, 1.54) is 10.4 Å². The molecule has 0 bridgehead atoms. The largest absolute Gasteiger partial charge is 0.264 e. The van der Waals surface area contributed by atoms with Crippen LogP contribution >= 0.6 is 0 Å². The van der Waals surface area contributed by atoms with Crippen LogP contribution in [0.1, 0.15) is 24.1 Å². The Kier molecular flexibility index (Phi) is 5.09. The van der Waals surface area contributed by atoms with Gasteiger partial charge in [-0.3, -0.25) is 4.31 Å². The first kappa shape index (κ1) is 18.1. The van der Waals surface area contributed by atoms with Crippen molar-refractivity contribution in [2.24, 2.45) is 0 Å². The Morgan fingerprint density at radius 3 is 2.04 bits per heavy atom. The van der Waals surface area contributed by atoms with Crippen LogP contribution in [-0.4, -0.2) is 8.42 Å². The van der Waals surface area contributed by atoms with Crippen molar-refractivity contribution >= 4 is 15.7 Å². The average molecular weight is 369 g/mol. The molecule has 0 aliphatic carbocycles. The van der Waals surface area contributed by atoms with E-state index in [0.29, 0.717) is 11.3 Å². The van der Waals surface area contributed by atoms with Gasteiger partial charge < -0.3 is 0 Å². The molecular formula is C21H20FNO2S. The molecule has 3 rings (SSSR count). The van der Waals surface area contributed by atoms with Crippen LogP contribution in [0, 0.1) is 12.7 Å². The molecule has 5 heteroatoms. The predicted molar refractivity (Wildman–Crippen MR) is 102 cm³/mol. The van der Waals surface area contributed by atoms with Gasteiger partial charge in [0.05, 0.1) is 16.6 Å². The fourth-order valence-corrected chi connectivity index (χ4v) is 4.52. The van der Waals surface area contributed by atoms with E-state index in [1.54, 1.807) is 56.3 Å². The van der Waals surface area contributed by atoms with E-state index < -0.39 is 21.9 Å². The van der Waals surface area contributed by atoms with Crippen molar-refractivity contribution in [2.75, 3.05) is 4.31 Å². The minimum absolute atomic E-state index is 0.170. The minimum atomic E-state index is -3.86. The predicted octanol–water partition coefficient (Wildman–Crippen LogP) is 5.09. The molecule has 0 N–H and O–H groups in total. The Labute approximate surface area is 153 Å². The summed E-state index contributed by atoms with van der Waals surface area (Å²) in [5, 5.41) is 0. The number of anilines is 1. The van der Waals surface area contributed by atoms with Gasteiger partial charge in [0, 0.05) is 0 Å². The first-order valence-corrected chi connectivity index (χ1v) is 9.76. The van der Waals surface area contributed by atoms with Gasteiger partial charge in [0.15, 0.2) is 0 Å². The lowest BCUT2D eigenvalue weighted by atomic mass is 10.1. The zero-order chi connectivity index (χ0) is 18.7. The molecule has 1 atom stereocenters. The van der Waals surface area contributed by atoms with Gasteiger partial charge in [-0.2, -0.15) is 0 Å². The SMILES string of the molecule is Cc1ccc(N([C@H](C)c2ccccc2)S(=O)(=O)c2ccccc2)cc1F. The molecule has 0 spiro atoms. The highest BCUT2D eigenvalue weighted by atomic mass is 32.2. The van der Waals surface area contributed by atoms with E-state index in [0.717, 1.165) is 5.56 Å². The van der Waals surface area contributed by atoms with Gasteiger partial charge in [-0.05, 0) is 49.2 Å². The lowest BCUT2D eigenvalue weighted by molar-refractivity contribution is 0.581. The van der Waals surface area contributed by atoms with Crippen LogP contribution in [-0.2, 0) is 10.0 Å². The van der Waals surface area contributed by atoms with Gasteiger partial charge in [-0.15, -0.1) is 0 Å². The summed E-state index contributed by atoms with van der Waals surface area (Å²) in [4.78, 5) is 0.170. The number of nitrogens with zero attached hydrogens (tertiary/aromatic N) is 1. The van der Waals surface area contributed by atoms with Crippen molar-refractivity contribution in [1.29, 1.82) is 0 Å². The van der Waals surface area contributed by atoms with E-state index in [4.69, 9.17) is 0 Å². The molecule has 3 aromatic rings. The van der Waals surface area contributed by atoms with Crippen molar-refractivity contribution < 1.29 is 12.8 Å². The van der Waals surface area contributed by atoms with Crippen LogP contribution in [0.4, 0.5) is 10.1 Å². The molecule has 0 heterocycles. The second kappa shape index (κ2) is 7.30. The zero-order valence-electron chi connectivity index (χ0n) is 14.6. The quantitative estimate of drug-likeness (QED) is 0.628. The summed E-state index contributed by atoms with van der Waals surface area (Å²) in [6, 6.07) is 21.5. The number of hydrogen-bond donors (Lipinski definition) is 0. The smallest absolute Gasteiger partial charge is 0.259 e. The summed E-state index contributed by atoms with van der Waals surface area (Å²) in [6.07, 6.45) is 0. The summed E-state index contributed by atoms with van der Waals surface area (Å²) in [7, 11) is -3.86. The molecule has 0 aromatic heterocycles. The average Bonchev–Trinajstić information content (AvgIpc) is 2.66. The van der Waals surface area contributed by atoms with Crippen LogP contribution in [0.25, 0.3) is 0 Å². The number of aryl methyl sites for hydroxylation is 1. The highest BCUT2D eigenvalue weighted by molar-refractivity contribution is 7.92. The summed E-state index contributed by atoms with van der Waals surface area (Å²) >= 11 is 0. The normalized spacial score (nSPS) is 12.6. The second-order valence-corrected chi connectivity index (χ2v) is 7.95. The Bertz CT molecular complexity index is 989. The third-order valence-corrected chi connectivity index (χ3v) is 6.26. The molecule has 3 aromatic carbocycles. The van der Waals surface area contributed by atoms with Gasteiger partial charge in [-0.25, -0.2) is 12.8 Å². The number of benzene rings is 3. The van der Waals surface area contributed by atoms with E-state index in [-0.39, 0.29) is 4.90 Å². The summed E-state index contributed by atoms with van der Waals surface area (Å²) in [6.45, 7) is 3.45. The van der Waals surface area contributed by atoms with Crippen LogP contribution < -0.4 is 4.31 Å². The van der Waals surface area contributed by atoms with E-state index in [1.807, 2.05) is 30.3 Å². The molecule has 0 aliphatic heterocycles. The Hall–Kier alpha value is -2.66. The molecule has 0 aliphatic rings. The molecule has 0 amide bonds. The number of hydrogen-bond acceptors (Lipinski definition) is 2. The molecule has 0 saturated heterocycles. The Morgan fingerprint density at radius 2 is 1.46 bits per heavy atom. The second-order valence-electron chi connectivity index (χ2n) is 6.13. The molecule has 3 nitrogen and oxygen atoms in total. The molecule has 134 valence electrons. The fourth-order valence-electron chi connectivity index (χ4n) is 2.86. The maximum absolute atomic E-state index is 14.2. The lowest BCUT2D eigenvalue weighted by Crippen LogP contribution is -2.33. The van der Waals surface area contributed by atoms with Crippen LogP contribution in [0.5, 0.6) is 0 Å². The molecule has 0 saturated carbocycles. The minimum Gasteiger partial charge on any atom is -0.259 e. The molecular weight excluding hydrogens is 349 g/mol. The van der Waals surface area contributed by atoms with Crippen molar-refractivity contribution in [3.05, 3.63) is 95.8 Å². The summed E-state index contributed by atoms with van der Waals surface area (Å²) in [5.74, 6) is -0.434. The summed E-state index contributed by atoms with van der Waals surface area (Å²) in [5.41, 5.74) is 1.60. The third-order valence-electron chi connectivity index (χ3n) is 4.34. The van der Waals surface area contributed by atoms with Crippen molar-refractivity contribution in [1.82, 2.24) is 0 Å². The summed E-state index contributed by atoms with van der Waals surface area (Å²) < 4.78 is 42.1. The lowest BCUT2D eigenvalue weighted by Gasteiger charge is -2.31. The maximum Gasteiger partial charge on any atom is 0.264 e. The zero-order valence-corrected chi connectivity index (χ0v) is 15.4. The fraction of sp³-hybridized carbons (Fsp3) is 0.143. The standard InChI is InChI=1S/C21H20FNO2S/c1-16-13-14-19(15-21(16)22)23(17(2)18-9-5-3-6-10-18)26(24,25)20-11-7-4-8-12-20/h3-15,17H,1-2H3/t17-/m1/s1. The van der Waals surface area contributed by atoms with Gasteiger partial charge in [0.25, 0.3) is 10.0 Å². The highest BCUT2D eigenvalue weighted by Gasteiger charge is 2.30. The van der Waals surface area contributed by atoms with Gasteiger partial charge >= 0.3 is 0 Å².